The number of carbonyl (C=O) groups is 1. The first-order valence-corrected chi connectivity index (χ1v) is 9.84. The molecule has 0 radical (unpaired) electrons. The number of anilines is 1. The number of aromatic amines is 1. The third-order valence-electron chi connectivity index (χ3n) is 4.26. The molecule has 1 aromatic heterocycles. The van der Waals surface area contributed by atoms with Gasteiger partial charge in [0.15, 0.2) is 0 Å². The lowest BCUT2D eigenvalue weighted by atomic mass is 10.2. The zero-order chi connectivity index (χ0) is 21.3. The van der Waals surface area contributed by atoms with Crippen molar-refractivity contribution in [2.45, 2.75) is 0 Å². The van der Waals surface area contributed by atoms with Crippen LogP contribution in [0.4, 0.5) is 10.5 Å². The number of methoxy groups -OCH3 is 1. The van der Waals surface area contributed by atoms with E-state index in [2.05, 4.69) is 15.3 Å². The minimum absolute atomic E-state index is 0.333. The number of halogens is 3. The number of fused-ring (bicyclic) bond motifs is 1. The molecule has 3 aromatic carbocycles. The number of carbonyl (C=O) groups excluding carboxylic acids is 1. The van der Waals surface area contributed by atoms with Crippen LogP contribution in [0, 0.1) is 0 Å². The number of hydrogen-bond donors (Lipinski definition) is 2. The van der Waals surface area contributed by atoms with Crippen LogP contribution in [0.25, 0.3) is 22.4 Å². The first-order chi connectivity index (χ1) is 14.4. The van der Waals surface area contributed by atoms with Gasteiger partial charge in [-0.1, -0.05) is 40.9 Å². The highest BCUT2D eigenvalue weighted by Crippen LogP contribution is 2.34. The number of aromatic nitrogens is 2. The summed E-state index contributed by atoms with van der Waals surface area (Å²) in [7, 11) is 1.51. The highest BCUT2D eigenvalue weighted by Gasteiger charge is 2.14. The average molecular weight is 463 g/mol. The van der Waals surface area contributed by atoms with Gasteiger partial charge in [0.25, 0.3) is 0 Å². The van der Waals surface area contributed by atoms with Gasteiger partial charge in [0.2, 0.25) is 0 Å². The Morgan fingerprint density at radius 1 is 1.00 bits per heavy atom. The minimum Gasteiger partial charge on any atom is -0.495 e. The topological polar surface area (TPSA) is 76.2 Å². The van der Waals surface area contributed by atoms with E-state index >= 15 is 0 Å². The molecule has 0 unspecified atom stereocenters. The van der Waals surface area contributed by atoms with Gasteiger partial charge in [0, 0.05) is 11.8 Å². The Morgan fingerprint density at radius 2 is 1.77 bits per heavy atom. The smallest absolute Gasteiger partial charge is 0.417 e. The molecular weight excluding hydrogens is 449 g/mol. The maximum Gasteiger partial charge on any atom is 0.417 e. The van der Waals surface area contributed by atoms with E-state index in [9.17, 15) is 4.79 Å². The van der Waals surface area contributed by atoms with Crippen LogP contribution in [-0.4, -0.2) is 23.2 Å². The Labute approximate surface area is 186 Å². The highest BCUT2D eigenvalue weighted by atomic mass is 35.5. The van der Waals surface area contributed by atoms with E-state index in [1.54, 1.807) is 54.6 Å². The SMILES string of the molecule is COc1ccc(NC(=O)Oc2ccc3nc(-c4c(Cl)cccc4Cl)[nH]c3c2)cc1Cl. The molecule has 2 N–H and O–H groups in total. The predicted molar refractivity (Wildman–Crippen MR) is 119 cm³/mol. The Balaban J connectivity index is 1.54. The van der Waals surface area contributed by atoms with Crippen LogP contribution in [0.5, 0.6) is 11.5 Å². The molecule has 0 aliphatic rings. The molecular formula is C21H14Cl3N3O3. The molecule has 0 spiro atoms. The largest absolute Gasteiger partial charge is 0.495 e. The quantitative estimate of drug-likeness (QED) is 0.349. The van der Waals surface area contributed by atoms with Gasteiger partial charge in [-0.3, -0.25) is 5.32 Å². The maximum absolute atomic E-state index is 12.2. The number of H-pyrrole nitrogens is 1. The van der Waals surface area contributed by atoms with Crippen LogP contribution >= 0.6 is 34.8 Å². The second-order valence-electron chi connectivity index (χ2n) is 6.22. The summed E-state index contributed by atoms with van der Waals surface area (Å²) >= 11 is 18.6. The van der Waals surface area contributed by atoms with Crippen molar-refractivity contribution in [3.63, 3.8) is 0 Å². The molecule has 0 saturated heterocycles. The fourth-order valence-electron chi connectivity index (χ4n) is 2.89. The fraction of sp³-hybridized carbons (Fsp3) is 0.0476. The summed E-state index contributed by atoms with van der Waals surface area (Å²) in [4.78, 5) is 19.9. The van der Waals surface area contributed by atoms with Crippen molar-refractivity contribution in [2.75, 3.05) is 12.4 Å². The zero-order valence-corrected chi connectivity index (χ0v) is 17.8. The number of rotatable bonds is 4. The highest BCUT2D eigenvalue weighted by molar-refractivity contribution is 6.39. The fourth-order valence-corrected chi connectivity index (χ4v) is 3.72. The van der Waals surface area contributed by atoms with Crippen molar-refractivity contribution in [3.05, 3.63) is 69.7 Å². The van der Waals surface area contributed by atoms with Crippen LogP contribution in [0.2, 0.25) is 15.1 Å². The standard InChI is InChI=1S/C21H14Cl3N3O3/c1-29-18-8-5-11(9-15(18)24)25-21(28)30-12-6-7-16-17(10-12)27-20(26-16)19-13(22)3-2-4-14(19)23/h2-10H,1H3,(H,25,28)(H,26,27). The molecule has 0 bridgehead atoms. The number of hydrogen-bond acceptors (Lipinski definition) is 4. The minimum atomic E-state index is -0.663. The number of imidazole rings is 1. The van der Waals surface area contributed by atoms with Crippen LogP contribution in [-0.2, 0) is 0 Å². The zero-order valence-electron chi connectivity index (χ0n) is 15.5. The molecule has 1 heterocycles. The third kappa shape index (κ3) is 4.16. The van der Waals surface area contributed by atoms with Crippen molar-refractivity contribution in [1.82, 2.24) is 9.97 Å². The van der Waals surface area contributed by atoms with E-state index in [-0.39, 0.29) is 0 Å². The Hall–Kier alpha value is -2.93. The monoisotopic (exact) mass is 461 g/mol. The molecule has 0 fully saturated rings. The number of amides is 1. The summed E-state index contributed by atoms with van der Waals surface area (Å²) in [6.45, 7) is 0. The second kappa shape index (κ2) is 8.44. The van der Waals surface area contributed by atoms with E-state index < -0.39 is 6.09 Å². The Bertz CT molecular complexity index is 1240. The summed E-state index contributed by atoms with van der Waals surface area (Å²) in [6.07, 6.45) is -0.663. The van der Waals surface area contributed by atoms with Crippen molar-refractivity contribution in [2.24, 2.45) is 0 Å². The van der Waals surface area contributed by atoms with Gasteiger partial charge in [-0.2, -0.15) is 0 Å². The molecule has 1 amide bonds. The Morgan fingerprint density at radius 3 is 2.47 bits per heavy atom. The maximum atomic E-state index is 12.2. The van der Waals surface area contributed by atoms with Gasteiger partial charge in [-0.15, -0.1) is 0 Å². The normalized spacial score (nSPS) is 10.8. The number of ether oxygens (including phenoxy) is 2. The predicted octanol–water partition coefficient (Wildman–Crippen LogP) is 6.81. The molecule has 4 aromatic rings. The molecule has 0 atom stereocenters. The number of benzene rings is 3. The van der Waals surface area contributed by atoms with Gasteiger partial charge in [0.1, 0.15) is 17.3 Å². The van der Waals surface area contributed by atoms with E-state index in [1.807, 2.05) is 0 Å². The molecule has 0 aliphatic heterocycles. The number of nitrogens with zero attached hydrogens (tertiary/aromatic N) is 1. The summed E-state index contributed by atoms with van der Waals surface area (Å²) in [5.41, 5.74) is 2.42. The summed E-state index contributed by atoms with van der Waals surface area (Å²) in [6, 6.07) is 15.1. The Kier molecular flexibility index (Phi) is 5.72. The van der Waals surface area contributed by atoms with E-state index in [1.165, 1.54) is 7.11 Å². The first kappa shape index (κ1) is 20.3. The molecule has 30 heavy (non-hydrogen) atoms. The summed E-state index contributed by atoms with van der Waals surface area (Å²) < 4.78 is 10.4. The van der Waals surface area contributed by atoms with Crippen LogP contribution < -0.4 is 14.8 Å². The second-order valence-corrected chi connectivity index (χ2v) is 7.45. The van der Waals surface area contributed by atoms with Crippen molar-refractivity contribution in [1.29, 1.82) is 0 Å². The van der Waals surface area contributed by atoms with Crippen molar-refractivity contribution >= 4 is 57.6 Å². The molecule has 9 heteroatoms. The molecule has 4 rings (SSSR count). The molecule has 152 valence electrons. The van der Waals surface area contributed by atoms with Gasteiger partial charge in [-0.05, 0) is 42.5 Å². The van der Waals surface area contributed by atoms with Crippen LogP contribution in [0.15, 0.2) is 54.6 Å². The lowest BCUT2D eigenvalue weighted by molar-refractivity contribution is 0.215. The lowest BCUT2D eigenvalue weighted by Gasteiger charge is -2.08. The first-order valence-electron chi connectivity index (χ1n) is 8.71. The van der Waals surface area contributed by atoms with Gasteiger partial charge < -0.3 is 14.5 Å². The average Bonchev–Trinajstić information content (AvgIpc) is 3.10. The molecule has 6 nitrogen and oxygen atoms in total. The van der Waals surface area contributed by atoms with Crippen molar-refractivity contribution < 1.29 is 14.3 Å². The summed E-state index contributed by atoms with van der Waals surface area (Å²) in [5.74, 6) is 1.37. The third-order valence-corrected chi connectivity index (χ3v) is 5.19. The van der Waals surface area contributed by atoms with E-state index in [4.69, 9.17) is 44.3 Å². The van der Waals surface area contributed by atoms with E-state index in [0.717, 1.165) is 0 Å². The van der Waals surface area contributed by atoms with Gasteiger partial charge in [0.05, 0.1) is 38.8 Å². The molecule has 0 aliphatic carbocycles. The van der Waals surface area contributed by atoms with Crippen LogP contribution in [0.1, 0.15) is 0 Å². The molecule has 0 saturated carbocycles. The lowest BCUT2D eigenvalue weighted by Crippen LogP contribution is -2.16. The van der Waals surface area contributed by atoms with E-state index in [0.29, 0.717) is 54.7 Å². The van der Waals surface area contributed by atoms with Gasteiger partial charge in [-0.25, -0.2) is 9.78 Å². The summed E-state index contributed by atoms with van der Waals surface area (Å²) in [5, 5.41) is 3.95. The number of nitrogens with one attached hydrogen (secondary N) is 2. The van der Waals surface area contributed by atoms with Crippen molar-refractivity contribution in [3.8, 4) is 22.9 Å². The van der Waals surface area contributed by atoms with Gasteiger partial charge >= 0.3 is 6.09 Å². The van der Waals surface area contributed by atoms with Crippen LogP contribution in [0.3, 0.4) is 0 Å².